The highest BCUT2D eigenvalue weighted by Crippen LogP contribution is 2.28. The molecule has 5 rings (SSSR count). The van der Waals surface area contributed by atoms with Crippen LogP contribution in [0.1, 0.15) is 20.8 Å². The van der Waals surface area contributed by atoms with E-state index in [2.05, 4.69) is 15.3 Å². The molecule has 2 aromatic heterocycles. The van der Waals surface area contributed by atoms with E-state index in [0.29, 0.717) is 36.6 Å². The Labute approximate surface area is 200 Å². The zero-order valence-corrected chi connectivity index (χ0v) is 19.5. The molecule has 3 heterocycles. The van der Waals surface area contributed by atoms with Gasteiger partial charge in [0.25, 0.3) is 5.91 Å². The van der Waals surface area contributed by atoms with Gasteiger partial charge in [-0.2, -0.15) is 4.31 Å². The fourth-order valence-electron chi connectivity index (χ4n) is 3.76. The fourth-order valence-corrected chi connectivity index (χ4v) is 6.12. The van der Waals surface area contributed by atoms with Crippen LogP contribution < -0.4 is 5.32 Å². The van der Waals surface area contributed by atoms with Crippen molar-refractivity contribution in [3.05, 3.63) is 88.4 Å². The van der Waals surface area contributed by atoms with Gasteiger partial charge in [0.15, 0.2) is 5.82 Å². The number of aromatic hydroxyl groups is 1. The van der Waals surface area contributed by atoms with Gasteiger partial charge in [0.05, 0.1) is 23.0 Å². The maximum absolute atomic E-state index is 13.2. The second-order valence-corrected chi connectivity index (χ2v) is 10.7. The Bertz CT molecular complexity index is 1470. The number of fused-ring (bicyclic) bond motifs is 1. The van der Waals surface area contributed by atoms with Crippen molar-refractivity contribution in [1.82, 2.24) is 14.3 Å². The van der Waals surface area contributed by atoms with E-state index in [-0.39, 0.29) is 16.2 Å². The predicted octanol–water partition coefficient (Wildman–Crippen LogP) is 3.91. The van der Waals surface area contributed by atoms with Gasteiger partial charge in [-0.3, -0.25) is 4.79 Å². The van der Waals surface area contributed by atoms with Gasteiger partial charge in [-0.1, -0.05) is 18.2 Å². The quantitative estimate of drug-likeness (QED) is 0.437. The molecule has 34 heavy (non-hydrogen) atoms. The topological polar surface area (TPSA) is 112 Å². The van der Waals surface area contributed by atoms with E-state index in [1.807, 2.05) is 11.4 Å². The Kier molecular flexibility index (Phi) is 5.86. The number of sulfonamides is 1. The molecule has 0 radical (unpaired) electrons. The minimum Gasteiger partial charge on any atom is -0.508 e. The summed E-state index contributed by atoms with van der Waals surface area (Å²) >= 11 is 1.65. The van der Waals surface area contributed by atoms with Crippen LogP contribution >= 0.6 is 11.3 Å². The van der Waals surface area contributed by atoms with Gasteiger partial charge in [-0.05, 0) is 53.8 Å². The van der Waals surface area contributed by atoms with Gasteiger partial charge >= 0.3 is 0 Å². The summed E-state index contributed by atoms with van der Waals surface area (Å²) in [4.78, 5) is 22.5. The lowest BCUT2D eigenvalue weighted by atomic mass is 10.1. The highest BCUT2D eigenvalue weighted by atomic mass is 32.2. The van der Waals surface area contributed by atoms with E-state index in [0.717, 1.165) is 5.56 Å². The largest absolute Gasteiger partial charge is 0.508 e. The molecule has 1 aliphatic rings. The highest BCUT2D eigenvalue weighted by Gasteiger charge is 2.29. The molecule has 0 saturated heterocycles. The maximum Gasteiger partial charge on any atom is 0.255 e. The van der Waals surface area contributed by atoms with Gasteiger partial charge in [0.2, 0.25) is 10.0 Å². The van der Waals surface area contributed by atoms with E-state index in [4.69, 9.17) is 0 Å². The molecule has 1 amide bonds. The van der Waals surface area contributed by atoms with Gasteiger partial charge in [-0.15, -0.1) is 11.3 Å². The number of hydrogen-bond acceptors (Lipinski definition) is 7. The van der Waals surface area contributed by atoms with E-state index in [1.165, 1.54) is 33.7 Å². The molecule has 4 aromatic rings. The number of aromatic nitrogens is 2. The molecular weight excluding hydrogens is 472 g/mol. The van der Waals surface area contributed by atoms with E-state index in [9.17, 15) is 18.3 Å². The van der Waals surface area contributed by atoms with Crippen LogP contribution in [0.15, 0.2) is 77.3 Å². The van der Waals surface area contributed by atoms with Crippen LogP contribution in [-0.4, -0.2) is 40.2 Å². The van der Waals surface area contributed by atoms with Crippen LogP contribution in [-0.2, 0) is 23.0 Å². The first kappa shape index (κ1) is 22.2. The van der Waals surface area contributed by atoms with Crippen molar-refractivity contribution >= 4 is 33.0 Å². The predicted molar refractivity (Wildman–Crippen MR) is 129 cm³/mol. The molecule has 0 fully saturated rings. The third-order valence-corrected chi connectivity index (χ3v) is 8.38. The molecule has 8 nitrogen and oxygen atoms in total. The first-order valence-electron chi connectivity index (χ1n) is 10.5. The smallest absolute Gasteiger partial charge is 0.255 e. The SMILES string of the molecule is O=C(Nc1cnc(-c2cccc(O)c2)nc1)c1cccc(S(=O)(=O)N2CCc3sccc3C2)c1. The fraction of sp³-hybridized carbons (Fsp3) is 0.125. The Morgan fingerprint density at radius 3 is 2.65 bits per heavy atom. The summed E-state index contributed by atoms with van der Waals surface area (Å²) in [7, 11) is -3.74. The first-order valence-corrected chi connectivity index (χ1v) is 12.8. The number of amides is 1. The minimum atomic E-state index is -3.74. The number of rotatable bonds is 5. The van der Waals surface area contributed by atoms with Gasteiger partial charge in [0.1, 0.15) is 5.75 Å². The van der Waals surface area contributed by atoms with Crippen molar-refractivity contribution in [1.29, 1.82) is 0 Å². The standard InChI is InChI=1S/C24H20N4O4S2/c29-20-5-1-3-16(11-20)23-25-13-19(14-26-23)27-24(30)17-4-2-6-21(12-17)34(31,32)28-9-7-22-18(15-28)8-10-33-22/h1-6,8,10-14,29H,7,9,15H2,(H,27,30). The van der Waals surface area contributed by atoms with Crippen LogP contribution in [0, 0.1) is 0 Å². The molecule has 2 N–H and O–H groups in total. The summed E-state index contributed by atoms with van der Waals surface area (Å²) in [5, 5.41) is 14.3. The molecule has 10 heteroatoms. The van der Waals surface area contributed by atoms with Gasteiger partial charge in [-0.25, -0.2) is 18.4 Å². The zero-order chi connectivity index (χ0) is 23.7. The monoisotopic (exact) mass is 492 g/mol. The average molecular weight is 493 g/mol. The molecular formula is C24H20N4O4S2. The lowest BCUT2D eigenvalue weighted by Crippen LogP contribution is -2.35. The number of hydrogen-bond donors (Lipinski definition) is 2. The number of carbonyl (C=O) groups excluding carboxylic acids is 1. The molecule has 1 aliphatic heterocycles. The van der Waals surface area contributed by atoms with Crippen molar-refractivity contribution in [2.45, 2.75) is 17.9 Å². The Hall–Kier alpha value is -3.60. The summed E-state index contributed by atoms with van der Waals surface area (Å²) in [6.45, 7) is 0.746. The second kappa shape index (κ2) is 8.98. The second-order valence-electron chi connectivity index (χ2n) is 7.79. The normalized spacial score (nSPS) is 13.9. The number of thiophene rings is 1. The Morgan fingerprint density at radius 1 is 1.06 bits per heavy atom. The molecule has 0 aliphatic carbocycles. The average Bonchev–Trinajstić information content (AvgIpc) is 3.33. The van der Waals surface area contributed by atoms with E-state index < -0.39 is 15.9 Å². The van der Waals surface area contributed by atoms with Crippen LogP contribution in [0.3, 0.4) is 0 Å². The van der Waals surface area contributed by atoms with Crippen LogP contribution in [0.4, 0.5) is 5.69 Å². The summed E-state index contributed by atoms with van der Waals surface area (Å²) in [6.07, 6.45) is 3.60. The lowest BCUT2D eigenvalue weighted by Gasteiger charge is -2.26. The van der Waals surface area contributed by atoms with Crippen molar-refractivity contribution < 1.29 is 18.3 Å². The van der Waals surface area contributed by atoms with E-state index >= 15 is 0 Å². The van der Waals surface area contributed by atoms with Crippen molar-refractivity contribution in [2.75, 3.05) is 11.9 Å². The molecule has 0 saturated carbocycles. The van der Waals surface area contributed by atoms with Gasteiger partial charge in [0, 0.05) is 29.1 Å². The molecule has 0 spiro atoms. The van der Waals surface area contributed by atoms with Gasteiger partial charge < -0.3 is 10.4 Å². The lowest BCUT2D eigenvalue weighted by molar-refractivity contribution is 0.102. The maximum atomic E-state index is 13.2. The number of phenols is 1. The number of phenolic OH excluding ortho intramolecular Hbond substituents is 1. The molecule has 0 atom stereocenters. The Morgan fingerprint density at radius 2 is 1.85 bits per heavy atom. The number of nitrogens with zero attached hydrogens (tertiary/aromatic N) is 3. The summed E-state index contributed by atoms with van der Waals surface area (Å²) in [5.41, 5.74) is 2.25. The summed E-state index contributed by atoms with van der Waals surface area (Å²) < 4.78 is 27.9. The number of benzene rings is 2. The van der Waals surface area contributed by atoms with Crippen LogP contribution in [0.5, 0.6) is 5.75 Å². The third-order valence-electron chi connectivity index (χ3n) is 5.52. The molecule has 172 valence electrons. The highest BCUT2D eigenvalue weighted by molar-refractivity contribution is 7.89. The van der Waals surface area contributed by atoms with Crippen molar-refractivity contribution in [2.24, 2.45) is 0 Å². The number of carbonyl (C=O) groups is 1. The molecule has 0 bridgehead atoms. The molecule has 0 unspecified atom stereocenters. The zero-order valence-electron chi connectivity index (χ0n) is 17.9. The van der Waals surface area contributed by atoms with E-state index in [1.54, 1.807) is 47.7 Å². The number of anilines is 1. The third kappa shape index (κ3) is 4.43. The number of nitrogens with one attached hydrogen (secondary N) is 1. The van der Waals surface area contributed by atoms with Crippen molar-refractivity contribution in [3.8, 4) is 17.1 Å². The first-order chi connectivity index (χ1) is 16.4. The molecule has 2 aromatic carbocycles. The summed E-state index contributed by atoms with van der Waals surface area (Å²) in [6, 6.07) is 14.5. The summed E-state index contributed by atoms with van der Waals surface area (Å²) in [5.74, 6) is 0.0375. The van der Waals surface area contributed by atoms with Crippen LogP contribution in [0.25, 0.3) is 11.4 Å². The van der Waals surface area contributed by atoms with Crippen LogP contribution in [0.2, 0.25) is 0 Å². The Balaban J connectivity index is 1.32. The minimum absolute atomic E-state index is 0.0781. The van der Waals surface area contributed by atoms with Crippen molar-refractivity contribution in [3.63, 3.8) is 0 Å².